The van der Waals surface area contributed by atoms with Crippen molar-refractivity contribution in [2.24, 2.45) is 0 Å². The van der Waals surface area contributed by atoms with Gasteiger partial charge in [0, 0.05) is 24.0 Å². The number of nitrogens with zero attached hydrogens (tertiary/aromatic N) is 1. The average molecular weight is 299 g/mol. The maximum atomic E-state index is 11.8. The number of carbonyl (C=O) groups excluding carboxylic acids is 1. The predicted molar refractivity (Wildman–Crippen MR) is 78.0 cm³/mol. The first-order valence-electron chi connectivity index (χ1n) is 6.58. The van der Waals surface area contributed by atoms with Crippen LogP contribution in [0.25, 0.3) is 0 Å². The molecule has 0 aliphatic rings. The smallest absolute Gasteiger partial charge is 0.329 e. The summed E-state index contributed by atoms with van der Waals surface area (Å²) in [4.78, 5) is 27.2. The maximum absolute atomic E-state index is 11.8. The van der Waals surface area contributed by atoms with Gasteiger partial charge in [-0.2, -0.15) is 0 Å². The molecule has 0 bridgehead atoms. The van der Waals surface area contributed by atoms with Crippen LogP contribution in [0.15, 0.2) is 11.6 Å². The van der Waals surface area contributed by atoms with Crippen LogP contribution in [0, 0.1) is 0 Å². The van der Waals surface area contributed by atoms with Crippen molar-refractivity contribution >= 4 is 23.3 Å². The van der Waals surface area contributed by atoms with Gasteiger partial charge in [-0.3, -0.25) is 0 Å². The molecule has 3 N–H and O–H groups in total. The van der Waals surface area contributed by atoms with Gasteiger partial charge in [-0.05, 0) is 13.3 Å². The summed E-state index contributed by atoms with van der Waals surface area (Å²) in [7, 11) is 0. The van der Waals surface area contributed by atoms with E-state index in [1.807, 2.05) is 19.2 Å². The number of hydrogen-bond donors (Lipinski definition) is 3. The number of aromatic nitrogens is 1. The molecule has 1 rings (SSSR count). The first kappa shape index (κ1) is 16.4. The van der Waals surface area contributed by atoms with E-state index in [9.17, 15) is 14.7 Å². The van der Waals surface area contributed by atoms with E-state index in [1.54, 1.807) is 6.20 Å². The van der Waals surface area contributed by atoms with Crippen molar-refractivity contribution in [1.29, 1.82) is 0 Å². The molecule has 0 spiro atoms. The van der Waals surface area contributed by atoms with Crippen LogP contribution in [0.2, 0.25) is 0 Å². The zero-order valence-corrected chi connectivity index (χ0v) is 12.8. The van der Waals surface area contributed by atoms with E-state index < -0.39 is 17.5 Å². The normalized spacial score (nSPS) is 15.2. The molecule has 1 aromatic rings. The number of hydrogen-bond acceptors (Lipinski definition) is 4. The van der Waals surface area contributed by atoms with E-state index in [-0.39, 0.29) is 5.92 Å². The summed E-state index contributed by atoms with van der Waals surface area (Å²) in [6, 6.07) is -0.466. The number of carboxylic acids is 1. The number of aliphatic carboxylic acids is 1. The van der Waals surface area contributed by atoms with Crippen LogP contribution in [-0.2, 0) is 4.79 Å². The number of urea groups is 1. The first-order chi connectivity index (χ1) is 9.39. The SMILES string of the molecule is CCCC(C)(NC(=O)NCC(C)c1nccs1)C(=O)O. The average Bonchev–Trinajstić information content (AvgIpc) is 2.89. The quantitative estimate of drug-likeness (QED) is 0.719. The Balaban J connectivity index is 2.48. The molecule has 0 saturated carbocycles. The van der Waals surface area contributed by atoms with Crippen LogP contribution >= 0.6 is 11.3 Å². The molecule has 2 atom stereocenters. The Kier molecular flexibility index (Phi) is 5.94. The lowest BCUT2D eigenvalue weighted by Gasteiger charge is -2.26. The van der Waals surface area contributed by atoms with E-state index in [1.165, 1.54) is 18.3 Å². The van der Waals surface area contributed by atoms with Crippen molar-refractivity contribution in [1.82, 2.24) is 15.6 Å². The Morgan fingerprint density at radius 1 is 1.55 bits per heavy atom. The van der Waals surface area contributed by atoms with Crippen LogP contribution in [0.3, 0.4) is 0 Å². The fourth-order valence-electron chi connectivity index (χ4n) is 1.83. The number of carbonyl (C=O) groups is 2. The highest BCUT2D eigenvalue weighted by Gasteiger charge is 2.33. The molecule has 6 nitrogen and oxygen atoms in total. The summed E-state index contributed by atoms with van der Waals surface area (Å²) >= 11 is 1.53. The summed E-state index contributed by atoms with van der Waals surface area (Å²) < 4.78 is 0. The van der Waals surface area contributed by atoms with Crippen molar-refractivity contribution < 1.29 is 14.7 Å². The van der Waals surface area contributed by atoms with Gasteiger partial charge in [-0.15, -0.1) is 11.3 Å². The second-order valence-corrected chi connectivity index (χ2v) is 5.92. The minimum atomic E-state index is -1.23. The highest BCUT2D eigenvalue weighted by molar-refractivity contribution is 7.09. The third kappa shape index (κ3) is 4.48. The second-order valence-electron chi connectivity index (χ2n) is 4.99. The molecule has 0 radical (unpaired) electrons. The van der Waals surface area contributed by atoms with Crippen LogP contribution in [0.5, 0.6) is 0 Å². The maximum Gasteiger partial charge on any atom is 0.329 e. The second kappa shape index (κ2) is 7.23. The first-order valence-corrected chi connectivity index (χ1v) is 7.45. The summed E-state index contributed by atoms with van der Waals surface area (Å²) in [5.41, 5.74) is -1.23. The summed E-state index contributed by atoms with van der Waals surface area (Å²) in [6.45, 7) is 5.77. The van der Waals surface area contributed by atoms with Gasteiger partial charge in [-0.1, -0.05) is 20.3 Å². The number of carboxylic acid groups (broad SMARTS) is 1. The van der Waals surface area contributed by atoms with Gasteiger partial charge in [0.05, 0.1) is 5.01 Å². The van der Waals surface area contributed by atoms with Crippen molar-refractivity contribution in [3.05, 3.63) is 16.6 Å². The van der Waals surface area contributed by atoms with Crippen molar-refractivity contribution in [3.63, 3.8) is 0 Å². The highest BCUT2D eigenvalue weighted by atomic mass is 32.1. The molecule has 2 amide bonds. The van der Waals surface area contributed by atoms with Crippen LogP contribution in [0.1, 0.15) is 44.5 Å². The number of thiazole rings is 1. The van der Waals surface area contributed by atoms with E-state index in [0.717, 1.165) is 5.01 Å². The molecule has 1 aromatic heterocycles. The largest absolute Gasteiger partial charge is 0.480 e. The van der Waals surface area contributed by atoms with Gasteiger partial charge in [0.25, 0.3) is 0 Å². The lowest BCUT2D eigenvalue weighted by molar-refractivity contribution is -0.144. The Labute approximate surface area is 122 Å². The molecule has 112 valence electrons. The fourth-order valence-corrected chi connectivity index (χ4v) is 2.53. The molecular formula is C13H21N3O3S. The molecule has 0 fully saturated rings. The summed E-state index contributed by atoms with van der Waals surface area (Å²) in [5, 5.41) is 17.2. The van der Waals surface area contributed by atoms with E-state index in [2.05, 4.69) is 15.6 Å². The molecule has 1 heterocycles. The molecular weight excluding hydrogens is 278 g/mol. The lowest BCUT2D eigenvalue weighted by Crippen LogP contribution is -2.55. The third-order valence-corrected chi connectivity index (χ3v) is 4.06. The van der Waals surface area contributed by atoms with E-state index in [0.29, 0.717) is 19.4 Å². The third-order valence-electron chi connectivity index (χ3n) is 3.05. The van der Waals surface area contributed by atoms with Crippen molar-refractivity contribution in [2.75, 3.05) is 6.54 Å². The van der Waals surface area contributed by atoms with Crippen LogP contribution in [-0.4, -0.2) is 34.2 Å². The predicted octanol–water partition coefficient (Wildman–Crippen LogP) is 2.19. The number of rotatable bonds is 7. The molecule has 20 heavy (non-hydrogen) atoms. The Bertz CT molecular complexity index is 450. The standard InChI is InChI=1S/C13H21N3O3S/c1-4-5-13(3,11(17)18)16-12(19)15-8-9(2)10-14-6-7-20-10/h6-7,9H,4-5,8H2,1-3H3,(H,17,18)(H2,15,16,19). The fraction of sp³-hybridized carbons (Fsp3) is 0.615. The number of nitrogens with one attached hydrogen (secondary N) is 2. The molecule has 2 unspecified atom stereocenters. The van der Waals surface area contributed by atoms with Gasteiger partial charge in [0.15, 0.2) is 0 Å². The molecule has 0 aliphatic carbocycles. The Hall–Kier alpha value is -1.63. The molecule has 7 heteroatoms. The van der Waals surface area contributed by atoms with E-state index in [4.69, 9.17) is 0 Å². The van der Waals surface area contributed by atoms with Gasteiger partial charge in [0.1, 0.15) is 5.54 Å². The zero-order chi connectivity index (χ0) is 15.2. The zero-order valence-electron chi connectivity index (χ0n) is 12.0. The van der Waals surface area contributed by atoms with Gasteiger partial charge in [-0.25, -0.2) is 14.6 Å². The summed E-state index contributed by atoms with van der Waals surface area (Å²) in [6.07, 6.45) is 2.79. The lowest BCUT2D eigenvalue weighted by atomic mass is 9.97. The van der Waals surface area contributed by atoms with Gasteiger partial charge in [0.2, 0.25) is 0 Å². The van der Waals surface area contributed by atoms with Crippen LogP contribution in [0.4, 0.5) is 4.79 Å². The van der Waals surface area contributed by atoms with Crippen LogP contribution < -0.4 is 10.6 Å². The Morgan fingerprint density at radius 3 is 2.75 bits per heavy atom. The van der Waals surface area contributed by atoms with Crippen molar-refractivity contribution in [2.45, 2.75) is 45.1 Å². The van der Waals surface area contributed by atoms with Gasteiger partial charge < -0.3 is 15.7 Å². The monoisotopic (exact) mass is 299 g/mol. The minimum absolute atomic E-state index is 0.100. The van der Waals surface area contributed by atoms with E-state index >= 15 is 0 Å². The molecule has 0 aromatic carbocycles. The summed E-state index contributed by atoms with van der Waals surface area (Å²) in [5.74, 6) is -0.925. The van der Waals surface area contributed by atoms with Crippen molar-refractivity contribution in [3.8, 4) is 0 Å². The minimum Gasteiger partial charge on any atom is -0.480 e. The Morgan fingerprint density at radius 2 is 2.25 bits per heavy atom. The highest BCUT2D eigenvalue weighted by Crippen LogP contribution is 2.16. The van der Waals surface area contributed by atoms with Gasteiger partial charge >= 0.3 is 12.0 Å². The topological polar surface area (TPSA) is 91.3 Å². The number of amides is 2. The molecule has 0 saturated heterocycles. The molecule has 0 aliphatic heterocycles.